The van der Waals surface area contributed by atoms with Crippen molar-refractivity contribution >= 4 is 15.9 Å². The summed E-state index contributed by atoms with van der Waals surface area (Å²) < 4.78 is 27.5. The van der Waals surface area contributed by atoms with Crippen molar-refractivity contribution in [3.8, 4) is 0 Å². The molecule has 1 aliphatic rings. The van der Waals surface area contributed by atoms with E-state index in [9.17, 15) is 13.2 Å². The largest absolute Gasteiger partial charge is 0.337 e. The highest BCUT2D eigenvalue weighted by atomic mass is 32.2. The number of hydrogen-bond acceptors (Lipinski definition) is 3. The fraction of sp³-hybridized carbons (Fsp3) is 0.278. The maximum atomic E-state index is 12.4. The number of rotatable bonds is 5. The van der Waals surface area contributed by atoms with E-state index in [0.717, 1.165) is 11.1 Å². The first kappa shape index (κ1) is 16.7. The van der Waals surface area contributed by atoms with Crippen molar-refractivity contribution < 1.29 is 13.2 Å². The number of carbonyl (C=O) groups excluding carboxylic acids is 1. The maximum Gasteiger partial charge on any atom is 0.240 e. The Labute approximate surface area is 142 Å². The zero-order valence-corrected chi connectivity index (χ0v) is 14.3. The molecule has 2 aromatic rings. The van der Waals surface area contributed by atoms with Crippen LogP contribution in [0.2, 0.25) is 0 Å². The molecule has 1 fully saturated rings. The molecule has 1 atom stereocenters. The smallest absolute Gasteiger partial charge is 0.240 e. The van der Waals surface area contributed by atoms with Crippen LogP contribution in [0, 0.1) is 6.92 Å². The Morgan fingerprint density at radius 3 is 2.42 bits per heavy atom. The number of benzene rings is 2. The number of hydrogen-bond donors (Lipinski definition) is 1. The van der Waals surface area contributed by atoms with Crippen LogP contribution in [-0.2, 0) is 21.4 Å². The fourth-order valence-electron chi connectivity index (χ4n) is 2.81. The topological polar surface area (TPSA) is 66.5 Å². The number of amides is 1. The molecule has 1 amide bonds. The van der Waals surface area contributed by atoms with Crippen molar-refractivity contribution in [3.63, 3.8) is 0 Å². The standard InChI is InChI=1S/C18H20N2O3S/c1-14-7-9-17(10-8-14)24(22,23)19-16-11-18(21)20(13-16)12-15-5-3-2-4-6-15/h2-10,16,19H,11-13H2,1H3/t16-/m0/s1. The molecular weight excluding hydrogens is 324 g/mol. The number of sulfonamides is 1. The van der Waals surface area contributed by atoms with E-state index < -0.39 is 16.1 Å². The van der Waals surface area contributed by atoms with Gasteiger partial charge in [-0.3, -0.25) is 4.79 Å². The van der Waals surface area contributed by atoms with Gasteiger partial charge >= 0.3 is 0 Å². The van der Waals surface area contributed by atoms with E-state index in [1.807, 2.05) is 37.3 Å². The number of nitrogens with zero attached hydrogens (tertiary/aromatic N) is 1. The highest BCUT2D eigenvalue weighted by Crippen LogP contribution is 2.18. The van der Waals surface area contributed by atoms with Crippen LogP contribution < -0.4 is 4.72 Å². The molecule has 1 heterocycles. The highest BCUT2D eigenvalue weighted by molar-refractivity contribution is 7.89. The van der Waals surface area contributed by atoms with E-state index in [2.05, 4.69) is 4.72 Å². The molecule has 3 rings (SSSR count). The second kappa shape index (κ2) is 6.75. The molecule has 0 bridgehead atoms. The third kappa shape index (κ3) is 3.83. The van der Waals surface area contributed by atoms with Gasteiger partial charge in [0.15, 0.2) is 0 Å². The molecule has 2 aromatic carbocycles. The van der Waals surface area contributed by atoms with E-state index in [-0.39, 0.29) is 17.2 Å². The van der Waals surface area contributed by atoms with Gasteiger partial charge in [-0.05, 0) is 24.6 Å². The van der Waals surface area contributed by atoms with Gasteiger partial charge < -0.3 is 4.90 Å². The van der Waals surface area contributed by atoms with E-state index in [4.69, 9.17) is 0 Å². The molecule has 0 aromatic heterocycles. The Balaban J connectivity index is 1.66. The predicted molar refractivity (Wildman–Crippen MR) is 91.8 cm³/mol. The van der Waals surface area contributed by atoms with Crippen molar-refractivity contribution in [2.75, 3.05) is 6.54 Å². The normalized spacial score (nSPS) is 18.1. The minimum atomic E-state index is -3.61. The van der Waals surface area contributed by atoms with Crippen molar-refractivity contribution in [2.24, 2.45) is 0 Å². The van der Waals surface area contributed by atoms with Crippen LogP contribution in [0.5, 0.6) is 0 Å². The van der Waals surface area contributed by atoms with Crippen LogP contribution in [0.4, 0.5) is 0 Å². The van der Waals surface area contributed by atoms with Gasteiger partial charge in [0, 0.05) is 25.6 Å². The van der Waals surface area contributed by atoms with Crippen molar-refractivity contribution in [3.05, 3.63) is 65.7 Å². The zero-order chi connectivity index (χ0) is 17.2. The van der Waals surface area contributed by atoms with Gasteiger partial charge in [-0.1, -0.05) is 48.0 Å². The Kier molecular flexibility index (Phi) is 4.69. The molecule has 0 saturated carbocycles. The Morgan fingerprint density at radius 1 is 1.08 bits per heavy atom. The van der Waals surface area contributed by atoms with Gasteiger partial charge in [0.2, 0.25) is 15.9 Å². The Morgan fingerprint density at radius 2 is 1.75 bits per heavy atom. The molecule has 1 N–H and O–H groups in total. The Hall–Kier alpha value is -2.18. The second-order valence-electron chi connectivity index (χ2n) is 6.10. The van der Waals surface area contributed by atoms with Gasteiger partial charge in [-0.2, -0.15) is 0 Å². The summed E-state index contributed by atoms with van der Waals surface area (Å²) in [5, 5.41) is 0. The number of carbonyl (C=O) groups is 1. The molecule has 24 heavy (non-hydrogen) atoms. The quantitative estimate of drug-likeness (QED) is 0.903. The van der Waals surface area contributed by atoms with Crippen LogP contribution in [0.3, 0.4) is 0 Å². The minimum Gasteiger partial charge on any atom is -0.337 e. The molecule has 1 aliphatic heterocycles. The molecule has 0 spiro atoms. The summed E-state index contributed by atoms with van der Waals surface area (Å²) in [5.74, 6) is -0.0320. The third-order valence-electron chi connectivity index (χ3n) is 4.08. The lowest BCUT2D eigenvalue weighted by atomic mass is 10.2. The summed E-state index contributed by atoms with van der Waals surface area (Å²) in [4.78, 5) is 14.1. The van der Waals surface area contributed by atoms with Crippen LogP contribution in [0.15, 0.2) is 59.5 Å². The molecule has 6 heteroatoms. The molecule has 1 saturated heterocycles. The lowest BCUT2D eigenvalue weighted by Gasteiger charge is -2.17. The van der Waals surface area contributed by atoms with Gasteiger partial charge in [-0.25, -0.2) is 13.1 Å². The van der Waals surface area contributed by atoms with Gasteiger partial charge in [-0.15, -0.1) is 0 Å². The fourth-order valence-corrected chi connectivity index (χ4v) is 4.04. The Bertz CT molecular complexity index is 817. The average molecular weight is 344 g/mol. The summed E-state index contributed by atoms with van der Waals surface area (Å²) in [6.07, 6.45) is 0.192. The maximum absolute atomic E-state index is 12.4. The van der Waals surface area contributed by atoms with Crippen molar-refractivity contribution in [2.45, 2.75) is 30.8 Å². The first-order valence-electron chi connectivity index (χ1n) is 7.85. The molecule has 0 radical (unpaired) electrons. The van der Waals surface area contributed by atoms with Gasteiger partial charge in [0.1, 0.15) is 0 Å². The first-order valence-corrected chi connectivity index (χ1v) is 9.33. The monoisotopic (exact) mass is 344 g/mol. The van der Waals surface area contributed by atoms with Crippen LogP contribution in [0.1, 0.15) is 17.5 Å². The highest BCUT2D eigenvalue weighted by Gasteiger charge is 2.32. The number of likely N-dealkylation sites (tertiary alicyclic amines) is 1. The lowest BCUT2D eigenvalue weighted by Crippen LogP contribution is -2.37. The summed E-state index contributed by atoms with van der Waals surface area (Å²) in [6, 6.07) is 16.0. The molecule has 126 valence electrons. The number of aryl methyl sites for hydroxylation is 1. The van der Waals surface area contributed by atoms with Crippen molar-refractivity contribution in [1.82, 2.24) is 9.62 Å². The SMILES string of the molecule is Cc1ccc(S(=O)(=O)N[C@H]2CC(=O)N(Cc3ccccc3)C2)cc1. The van der Waals surface area contributed by atoms with Gasteiger partial charge in [0.05, 0.1) is 4.90 Å². The van der Waals surface area contributed by atoms with Crippen LogP contribution >= 0.6 is 0 Å². The summed E-state index contributed by atoms with van der Waals surface area (Å²) in [7, 11) is -3.61. The number of nitrogens with one attached hydrogen (secondary N) is 1. The first-order chi connectivity index (χ1) is 11.4. The van der Waals surface area contributed by atoms with Gasteiger partial charge in [0.25, 0.3) is 0 Å². The van der Waals surface area contributed by atoms with Crippen LogP contribution in [0.25, 0.3) is 0 Å². The summed E-state index contributed by atoms with van der Waals surface area (Å²) in [6.45, 7) is 2.79. The molecular formula is C18H20N2O3S. The van der Waals surface area contributed by atoms with E-state index >= 15 is 0 Å². The molecule has 0 aliphatic carbocycles. The molecule has 5 nitrogen and oxygen atoms in total. The second-order valence-corrected chi connectivity index (χ2v) is 7.81. The third-order valence-corrected chi connectivity index (χ3v) is 5.62. The zero-order valence-electron chi connectivity index (χ0n) is 13.5. The minimum absolute atomic E-state index is 0.0320. The van der Waals surface area contributed by atoms with E-state index in [1.54, 1.807) is 29.2 Å². The van der Waals surface area contributed by atoms with E-state index in [0.29, 0.717) is 13.1 Å². The van der Waals surface area contributed by atoms with E-state index in [1.165, 1.54) is 0 Å². The van der Waals surface area contributed by atoms with Crippen molar-refractivity contribution in [1.29, 1.82) is 0 Å². The lowest BCUT2D eigenvalue weighted by molar-refractivity contribution is -0.128. The summed E-state index contributed by atoms with van der Waals surface area (Å²) >= 11 is 0. The molecule has 0 unspecified atom stereocenters. The predicted octanol–water partition coefficient (Wildman–Crippen LogP) is 2.07. The average Bonchev–Trinajstić information content (AvgIpc) is 2.87. The van der Waals surface area contributed by atoms with Crippen LogP contribution in [-0.4, -0.2) is 31.8 Å². The summed E-state index contributed by atoms with van der Waals surface area (Å²) in [5.41, 5.74) is 2.03.